The van der Waals surface area contributed by atoms with Crippen molar-refractivity contribution in [1.82, 2.24) is 0 Å². The Morgan fingerprint density at radius 3 is 1.91 bits per heavy atom. The van der Waals surface area contributed by atoms with E-state index < -0.39 is 11.4 Å². The maximum atomic E-state index is 11.8. The van der Waals surface area contributed by atoms with Crippen molar-refractivity contribution in [2.24, 2.45) is 11.3 Å². The molecule has 0 spiro atoms. The lowest BCUT2D eigenvalue weighted by molar-refractivity contribution is -0.148. The summed E-state index contributed by atoms with van der Waals surface area (Å²) in [6.07, 6.45) is -0.117. The monoisotopic (exact) mass is 306 g/mol. The molecule has 0 radical (unpaired) electrons. The summed E-state index contributed by atoms with van der Waals surface area (Å²) in [7, 11) is 0. The van der Waals surface area contributed by atoms with E-state index in [1.165, 1.54) is 13.8 Å². The first-order valence-corrected chi connectivity index (χ1v) is 7.06. The van der Waals surface area contributed by atoms with Gasteiger partial charge in [0, 0.05) is 23.7 Å². The van der Waals surface area contributed by atoms with Gasteiger partial charge in [0.1, 0.15) is 0 Å². The fourth-order valence-corrected chi connectivity index (χ4v) is 1.61. The fraction of sp³-hybridized carbons (Fsp3) is 0.438. The zero-order valence-corrected chi connectivity index (χ0v) is 13.3. The number of carbonyl (C=O) groups excluding carboxylic acids is 2. The van der Waals surface area contributed by atoms with E-state index in [1.54, 1.807) is 38.1 Å². The molecule has 1 aromatic carbocycles. The standard InChI is InChI=1S/C16H22N2O4/c1-10(2)14(20)18-12-7-5-11(6-8-12)17-13(19)9-16(3,4)15(21)22/h5-8,10H,9H2,1-4H3,(H,17,19)(H,18,20)(H,21,22). The molecule has 0 fully saturated rings. The summed E-state index contributed by atoms with van der Waals surface area (Å²) in [5.41, 5.74) is 0.0752. The highest BCUT2D eigenvalue weighted by Crippen LogP contribution is 2.22. The average molecular weight is 306 g/mol. The molecule has 2 amide bonds. The Morgan fingerprint density at radius 2 is 1.50 bits per heavy atom. The number of hydrogen-bond donors (Lipinski definition) is 3. The van der Waals surface area contributed by atoms with Crippen molar-refractivity contribution >= 4 is 29.2 Å². The fourth-order valence-electron chi connectivity index (χ4n) is 1.61. The number of rotatable bonds is 6. The third-order valence-electron chi connectivity index (χ3n) is 3.14. The summed E-state index contributed by atoms with van der Waals surface area (Å²) in [6, 6.07) is 6.67. The van der Waals surface area contributed by atoms with Crippen molar-refractivity contribution in [3.05, 3.63) is 24.3 Å². The molecule has 0 saturated heterocycles. The van der Waals surface area contributed by atoms with Crippen LogP contribution in [-0.2, 0) is 14.4 Å². The van der Waals surface area contributed by atoms with Gasteiger partial charge in [0.2, 0.25) is 11.8 Å². The van der Waals surface area contributed by atoms with Crippen molar-refractivity contribution in [1.29, 1.82) is 0 Å². The first-order valence-electron chi connectivity index (χ1n) is 7.06. The maximum Gasteiger partial charge on any atom is 0.309 e. The van der Waals surface area contributed by atoms with E-state index >= 15 is 0 Å². The quantitative estimate of drug-likeness (QED) is 0.753. The van der Waals surface area contributed by atoms with Crippen LogP contribution in [0, 0.1) is 11.3 Å². The van der Waals surface area contributed by atoms with Gasteiger partial charge in [-0.15, -0.1) is 0 Å². The molecular weight excluding hydrogens is 284 g/mol. The molecule has 0 aromatic heterocycles. The first kappa shape index (κ1) is 17.7. The molecule has 1 aromatic rings. The van der Waals surface area contributed by atoms with E-state index in [1.807, 2.05) is 0 Å². The molecule has 0 unspecified atom stereocenters. The Labute approximate surface area is 129 Å². The molecule has 3 N–H and O–H groups in total. The van der Waals surface area contributed by atoms with Crippen LogP contribution in [0.25, 0.3) is 0 Å². The molecular formula is C16H22N2O4. The van der Waals surface area contributed by atoms with Gasteiger partial charge in [-0.1, -0.05) is 13.8 Å². The number of amides is 2. The Kier molecular flexibility index (Phi) is 5.68. The zero-order chi connectivity index (χ0) is 16.9. The van der Waals surface area contributed by atoms with Crippen LogP contribution in [0.1, 0.15) is 34.1 Å². The maximum absolute atomic E-state index is 11.8. The number of nitrogens with one attached hydrogen (secondary N) is 2. The van der Waals surface area contributed by atoms with Crippen LogP contribution in [0.2, 0.25) is 0 Å². The molecule has 6 heteroatoms. The van der Waals surface area contributed by atoms with Crippen molar-refractivity contribution in [2.75, 3.05) is 10.6 Å². The molecule has 0 aliphatic rings. The number of benzene rings is 1. The van der Waals surface area contributed by atoms with E-state index in [-0.39, 0.29) is 24.2 Å². The number of carbonyl (C=O) groups is 3. The number of hydrogen-bond acceptors (Lipinski definition) is 3. The highest BCUT2D eigenvalue weighted by Gasteiger charge is 2.30. The van der Waals surface area contributed by atoms with Crippen LogP contribution in [0.4, 0.5) is 11.4 Å². The molecule has 120 valence electrons. The number of carboxylic acids is 1. The van der Waals surface area contributed by atoms with Gasteiger partial charge in [-0.25, -0.2) is 0 Å². The van der Waals surface area contributed by atoms with E-state index in [0.29, 0.717) is 11.4 Å². The molecule has 0 bridgehead atoms. The second kappa shape index (κ2) is 7.06. The third-order valence-corrected chi connectivity index (χ3v) is 3.14. The lowest BCUT2D eigenvalue weighted by Gasteiger charge is -2.18. The van der Waals surface area contributed by atoms with Gasteiger partial charge < -0.3 is 15.7 Å². The molecule has 6 nitrogen and oxygen atoms in total. The normalized spacial score (nSPS) is 11.1. The summed E-state index contributed by atoms with van der Waals surface area (Å²) in [5.74, 6) is -1.58. The SMILES string of the molecule is CC(C)C(=O)Nc1ccc(NC(=O)CC(C)(C)C(=O)O)cc1. The van der Waals surface area contributed by atoms with Gasteiger partial charge in [0.25, 0.3) is 0 Å². The number of carboxylic acid groups (broad SMARTS) is 1. The Morgan fingerprint density at radius 1 is 1.05 bits per heavy atom. The predicted molar refractivity (Wildman–Crippen MR) is 84.6 cm³/mol. The first-order chi connectivity index (χ1) is 10.1. The smallest absolute Gasteiger partial charge is 0.309 e. The van der Waals surface area contributed by atoms with E-state index in [2.05, 4.69) is 10.6 Å². The minimum Gasteiger partial charge on any atom is -0.481 e. The summed E-state index contributed by atoms with van der Waals surface area (Å²) in [4.78, 5) is 34.4. The van der Waals surface area contributed by atoms with Crippen molar-refractivity contribution in [3.8, 4) is 0 Å². The average Bonchev–Trinajstić information content (AvgIpc) is 2.39. The molecule has 0 aliphatic heterocycles. The summed E-state index contributed by atoms with van der Waals surface area (Å²) in [5, 5.41) is 14.4. The Hall–Kier alpha value is -2.37. The zero-order valence-electron chi connectivity index (χ0n) is 13.3. The molecule has 0 heterocycles. The van der Waals surface area contributed by atoms with Gasteiger partial charge in [0.15, 0.2) is 0 Å². The molecule has 0 saturated carbocycles. The number of anilines is 2. The molecule has 0 atom stereocenters. The lowest BCUT2D eigenvalue weighted by atomic mass is 9.89. The van der Waals surface area contributed by atoms with Gasteiger partial charge in [-0.3, -0.25) is 14.4 Å². The van der Waals surface area contributed by atoms with E-state index in [4.69, 9.17) is 5.11 Å². The third kappa shape index (κ3) is 5.20. The second-order valence-corrected chi connectivity index (χ2v) is 6.14. The van der Waals surface area contributed by atoms with Gasteiger partial charge in [-0.05, 0) is 38.1 Å². The second-order valence-electron chi connectivity index (χ2n) is 6.14. The Bertz CT molecular complexity index is 562. The lowest BCUT2D eigenvalue weighted by Crippen LogP contribution is -2.29. The summed E-state index contributed by atoms with van der Waals surface area (Å²) < 4.78 is 0. The topological polar surface area (TPSA) is 95.5 Å². The summed E-state index contributed by atoms with van der Waals surface area (Å²) >= 11 is 0. The highest BCUT2D eigenvalue weighted by atomic mass is 16.4. The summed E-state index contributed by atoms with van der Waals surface area (Å²) in [6.45, 7) is 6.60. The van der Waals surface area contributed by atoms with Crippen LogP contribution < -0.4 is 10.6 Å². The Balaban J connectivity index is 2.63. The highest BCUT2D eigenvalue weighted by molar-refractivity contribution is 5.95. The van der Waals surface area contributed by atoms with Crippen molar-refractivity contribution in [3.63, 3.8) is 0 Å². The van der Waals surface area contributed by atoms with Gasteiger partial charge >= 0.3 is 5.97 Å². The van der Waals surface area contributed by atoms with E-state index in [9.17, 15) is 14.4 Å². The van der Waals surface area contributed by atoms with Crippen LogP contribution >= 0.6 is 0 Å². The van der Waals surface area contributed by atoms with E-state index in [0.717, 1.165) is 0 Å². The largest absolute Gasteiger partial charge is 0.481 e. The number of aliphatic carboxylic acids is 1. The van der Waals surface area contributed by atoms with Crippen LogP contribution in [0.3, 0.4) is 0 Å². The molecule has 22 heavy (non-hydrogen) atoms. The van der Waals surface area contributed by atoms with Crippen molar-refractivity contribution in [2.45, 2.75) is 34.1 Å². The van der Waals surface area contributed by atoms with Crippen LogP contribution in [0.15, 0.2) is 24.3 Å². The van der Waals surface area contributed by atoms with Crippen LogP contribution in [-0.4, -0.2) is 22.9 Å². The molecule has 1 rings (SSSR count). The minimum absolute atomic E-state index is 0.0833. The minimum atomic E-state index is -1.12. The van der Waals surface area contributed by atoms with Gasteiger partial charge in [0.05, 0.1) is 5.41 Å². The van der Waals surface area contributed by atoms with Gasteiger partial charge in [-0.2, -0.15) is 0 Å². The van der Waals surface area contributed by atoms with Crippen molar-refractivity contribution < 1.29 is 19.5 Å². The van der Waals surface area contributed by atoms with Crippen LogP contribution in [0.5, 0.6) is 0 Å². The predicted octanol–water partition coefficient (Wildman–Crippen LogP) is 2.72. The molecule has 0 aliphatic carbocycles.